The van der Waals surface area contributed by atoms with Crippen molar-refractivity contribution in [3.63, 3.8) is 0 Å². The maximum Gasteiger partial charge on any atom is 0.303 e. The van der Waals surface area contributed by atoms with Gasteiger partial charge in [-0.25, -0.2) is 19.6 Å². The van der Waals surface area contributed by atoms with Crippen LogP contribution in [0, 0.1) is 0 Å². The number of anilines is 3. The van der Waals surface area contributed by atoms with E-state index in [0.717, 1.165) is 6.20 Å². The highest BCUT2D eigenvalue weighted by Crippen LogP contribution is 2.32. The lowest BCUT2D eigenvalue weighted by molar-refractivity contribution is -0.160. The molecule has 0 atom stereocenters. The molecular formula is C19H20BF2N7O4. The van der Waals surface area contributed by atoms with Crippen molar-refractivity contribution in [1.29, 1.82) is 0 Å². The van der Waals surface area contributed by atoms with Crippen LogP contribution in [0.4, 0.5) is 26.1 Å². The number of carbonyl (C=O) groups is 1. The molecule has 33 heavy (non-hydrogen) atoms. The Balaban J connectivity index is 2.07. The molecule has 0 aliphatic carbocycles. The molecule has 0 saturated heterocycles. The van der Waals surface area contributed by atoms with E-state index in [-0.39, 0.29) is 34.5 Å². The summed E-state index contributed by atoms with van der Waals surface area (Å²) in [6, 6.07) is 2.80. The summed E-state index contributed by atoms with van der Waals surface area (Å²) in [5, 5.41) is 28.0. The third kappa shape index (κ3) is 5.99. The Morgan fingerprint density at radius 1 is 1.24 bits per heavy atom. The molecule has 172 valence electrons. The van der Waals surface area contributed by atoms with Crippen molar-refractivity contribution in [3.8, 4) is 17.0 Å². The van der Waals surface area contributed by atoms with Gasteiger partial charge in [-0.2, -0.15) is 13.9 Å². The summed E-state index contributed by atoms with van der Waals surface area (Å²) in [6.45, 7) is 4.00. The average Bonchev–Trinajstić information content (AvgIpc) is 3.20. The molecule has 3 aromatic rings. The molecule has 0 aromatic carbocycles. The molecule has 3 rings (SSSR count). The first-order chi connectivity index (χ1) is 15.4. The smallest absolute Gasteiger partial charge is 0.303 e. The largest absolute Gasteiger partial charge is 0.490 e. The van der Waals surface area contributed by atoms with E-state index in [2.05, 4.69) is 30.7 Å². The van der Waals surface area contributed by atoms with Crippen LogP contribution in [0.15, 0.2) is 30.7 Å². The lowest BCUT2D eigenvalue weighted by atomic mass is 10.1. The van der Waals surface area contributed by atoms with Gasteiger partial charge in [0.15, 0.2) is 13.6 Å². The molecule has 0 fully saturated rings. The summed E-state index contributed by atoms with van der Waals surface area (Å²) >= 11 is 0. The zero-order valence-electron chi connectivity index (χ0n) is 17.9. The van der Waals surface area contributed by atoms with Gasteiger partial charge in [0.1, 0.15) is 11.6 Å². The first-order valence-corrected chi connectivity index (χ1v) is 9.60. The summed E-state index contributed by atoms with van der Waals surface area (Å²) < 4.78 is 34.4. The Labute approximate surface area is 188 Å². The van der Waals surface area contributed by atoms with Gasteiger partial charge in [0.25, 0.3) is 0 Å². The Morgan fingerprint density at radius 2 is 1.97 bits per heavy atom. The van der Waals surface area contributed by atoms with Crippen LogP contribution in [0.25, 0.3) is 11.3 Å². The number of nitrogens with zero attached hydrogens (tertiary/aromatic N) is 5. The number of nitrogens with one attached hydrogen (secondary N) is 2. The zero-order valence-corrected chi connectivity index (χ0v) is 17.9. The van der Waals surface area contributed by atoms with Gasteiger partial charge < -0.3 is 25.6 Å². The van der Waals surface area contributed by atoms with E-state index in [1.165, 1.54) is 31.5 Å². The minimum Gasteiger partial charge on any atom is -0.490 e. The van der Waals surface area contributed by atoms with Crippen LogP contribution in [0.5, 0.6) is 5.75 Å². The van der Waals surface area contributed by atoms with Crippen molar-refractivity contribution in [2.24, 2.45) is 0 Å². The van der Waals surface area contributed by atoms with E-state index < -0.39 is 17.6 Å². The molecule has 14 heteroatoms. The minimum absolute atomic E-state index is 0.00799. The second-order valence-corrected chi connectivity index (χ2v) is 7.02. The second kappa shape index (κ2) is 9.07. The fourth-order valence-electron chi connectivity index (χ4n) is 2.69. The summed E-state index contributed by atoms with van der Waals surface area (Å²) in [5.41, 5.74) is 0.476. The number of aromatic nitrogens is 5. The quantitative estimate of drug-likeness (QED) is 0.292. The normalized spacial score (nSPS) is 11.8. The topological polar surface area (TPSA) is 147 Å². The standard InChI is InChI=1S/C19H20BF2N7O4/c1-4-33-14-8-23-15(25-10(2)30)6-13(14)26-16-5-12(27-17(28-16)18(3,21)22)11-7-24-29(9-11)19(20,31)32/h5-9,31-32H,4H2,1-3H3,(H2,23,25,26,27,28,30). The van der Waals surface area contributed by atoms with Crippen molar-refractivity contribution in [2.45, 2.75) is 32.5 Å². The Hall–Kier alpha value is -3.65. The number of hydrogen-bond donors (Lipinski definition) is 4. The summed E-state index contributed by atoms with van der Waals surface area (Å²) in [6.07, 6.45) is 3.66. The number of amides is 1. The number of ether oxygens (including phenoxy) is 1. The van der Waals surface area contributed by atoms with Crippen LogP contribution < -0.4 is 15.4 Å². The molecule has 0 saturated carbocycles. The van der Waals surface area contributed by atoms with Crippen molar-refractivity contribution in [3.05, 3.63) is 36.5 Å². The van der Waals surface area contributed by atoms with Crippen molar-refractivity contribution < 1.29 is 28.5 Å². The van der Waals surface area contributed by atoms with Crippen LogP contribution in [0.2, 0.25) is 0 Å². The maximum absolute atomic E-state index is 14.1. The summed E-state index contributed by atoms with van der Waals surface area (Å²) in [7, 11) is 5.17. The molecular weight excluding hydrogens is 439 g/mol. The van der Waals surface area contributed by atoms with Crippen LogP contribution in [0.1, 0.15) is 26.6 Å². The molecule has 3 heterocycles. The molecule has 11 nitrogen and oxygen atoms in total. The second-order valence-electron chi connectivity index (χ2n) is 7.02. The SMILES string of the molecule is [B]C(O)(O)n1cc(-c2cc(Nc3cc(NC(C)=O)ncc3OCC)nc(C(C)(F)F)n2)cn1. The Bertz CT molecular complexity index is 1160. The van der Waals surface area contributed by atoms with Crippen LogP contribution in [-0.2, 0) is 16.5 Å². The number of halogens is 2. The first kappa shape index (κ1) is 24.0. The minimum atomic E-state index is -3.39. The van der Waals surface area contributed by atoms with E-state index >= 15 is 0 Å². The third-order valence-corrected chi connectivity index (χ3v) is 4.07. The fraction of sp³-hybridized carbons (Fsp3) is 0.316. The number of aliphatic hydroxyl groups is 2. The lowest BCUT2D eigenvalue weighted by Crippen LogP contribution is -2.33. The average molecular weight is 459 g/mol. The lowest BCUT2D eigenvalue weighted by Gasteiger charge is -2.17. The molecule has 0 spiro atoms. The van der Waals surface area contributed by atoms with Crippen LogP contribution >= 0.6 is 0 Å². The number of carbonyl (C=O) groups excluding carboxylic acids is 1. The van der Waals surface area contributed by atoms with Gasteiger partial charge >= 0.3 is 5.92 Å². The molecule has 3 aromatic heterocycles. The van der Waals surface area contributed by atoms with Gasteiger partial charge in [-0.1, -0.05) is 0 Å². The van der Waals surface area contributed by atoms with Crippen LogP contribution in [-0.4, -0.2) is 55.3 Å². The first-order valence-electron chi connectivity index (χ1n) is 9.60. The van der Waals surface area contributed by atoms with Crippen molar-refractivity contribution >= 4 is 31.1 Å². The predicted molar refractivity (Wildman–Crippen MR) is 114 cm³/mol. The molecule has 0 aliphatic rings. The van der Waals surface area contributed by atoms with E-state index in [1.54, 1.807) is 6.92 Å². The summed E-state index contributed by atoms with van der Waals surface area (Å²) in [5.74, 6) is -6.86. The number of rotatable bonds is 8. The highest BCUT2D eigenvalue weighted by molar-refractivity contribution is 6.11. The molecule has 4 N–H and O–H groups in total. The number of hydrogen-bond acceptors (Lipinski definition) is 9. The van der Waals surface area contributed by atoms with Gasteiger partial charge in [-0.15, -0.1) is 0 Å². The van der Waals surface area contributed by atoms with Crippen molar-refractivity contribution in [2.75, 3.05) is 17.2 Å². The fourth-order valence-corrected chi connectivity index (χ4v) is 2.69. The monoisotopic (exact) mass is 459 g/mol. The molecule has 0 bridgehead atoms. The van der Waals surface area contributed by atoms with E-state index in [0.29, 0.717) is 23.9 Å². The van der Waals surface area contributed by atoms with Gasteiger partial charge in [-0.05, 0) is 6.92 Å². The molecule has 1 amide bonds. The zero-order chi connectivity index (χ0) is 24.4. The van der Waals surface area contributed by atoms with E-state index in [9.17, 15) is 23.8 Å². The van der Waals surface area contributed by atoms with Gasteiger partial charge in [0, 0.05) is 37.7 Å². The molecule has 2 radical (unpaired) electrons. The molecule has 0 aliphatic heterocycles. The van der Waals surface area contributed by atoms with Gasteiger partial charge in [0.2, 0.25) is 17.5 Å². The number of pyridine rings is 1. The summed E-state index contributed by atoms with van der Waals surface area (Å²) in [4.78, 5) is 23.2. The van der Waals surface area contributed by atoms with Gasteiger partial charge in [-0.3, -0.25) is 4.79 Å². The van der Waals surface area contributed by atoms with E-state index in [4.69, 9.17) is 12.6 Å². The Kier molecular flexibility index (Phi) is 6.60. The highest BCUT2D eigenvalue weighted by atomic mass is 19.3. The highest BCUT2D eigenvalue weighted by Gasteiger charge is 2.30. The van der Waals surface area contributed by atoms with Crippen molar-refractivity contribution in [1.82, 2.24) is 24.7 Å². The predicted octanol–water partition coefficient (Wildman–Crippen LogP) is 1.67. The number of alkyl halides is 2. The van der Waals surface area contributed by atoms with E-state index in [1.807, 2.05) is 0 Å². The molecule has 0 unspecified atom stereocenters. The van der Waals surface area contributed by atoms with Gasteiger partial charge in [0.05, 0.1) is 30.4 Å². The Morgan fingerprint density at radius 3 is 2.55 bits per heavy atom. The third-order valence-electron chi connectivity index (χ3n) is 4.07. The maximum atomic E-state index is 14.1. The van der Waals surface area contributed by atoms with Crippen LogP contribution in [0.3, 0.4) is 0 Å².